The van der Waals surface area contributed by atoms with Crippen LogP contribution in [0.2, 0.25) is 0 Å². The first-order valence-corrected chi connectivity index (χ1v) is 6.90. The molecule has 1 aliphatic rings. The van der Waals surface area contributed by atoms with E-state index < -0.39 is 0 Å². The Labute approximate surface area is 114 Å². The van der Waals surface area contributed by atoms with Crippen LogP contribution in [0.5, 0.6) is 0 Å². The molecule has 1 saturated carbocycles. The molecule has 0 radical (unpaired) electrons. The topological polar surface area (TPSA) is 65.8 Å². The van der Waals surface area contributed by atoms with Crippen LogP contribution in [0.15, 0.2) is 29.9 Å². The Bertz CT molecular complexity index is 667. The number of thiophene rings is 1. The van der Waals surface area contributed by atoms with Gasteiger partial charge in [0, 0.05) is 12.4 Å². The molecule has 1 aliphatic carbocycles. The first-order valence-electron chi connectivity index (χ1n) is 6.02. The number of anilines is 1. The Morgan fingerprint density at radius 2 is 2.32 bits per heavy atom. The van der Waals surface area contributed by atoms with Crippen LogP contribution < -0.4 is 5.32 Å². The molecule has 5 heteroatoms. The third-order valence-corrected chi connectivity index (χ3v) is 4.04. The van der Waals surface area contributed by atoms with E-state index in [1.165, 1.54) is 17.5 Å². The van der Waals surface area contributed by atoms with Gasteiger partial charge in [0.25, 0.3) is 5.91 Å². The number of aromatic nitrogens is 1. The SMILES string of the molecule is N#Cc1cnccc1NC(=O)c1sccc1C1CC1. The summed E-state index contributed by atoms with van der Waals surface area (Å²) in [5.41, 5.74) is 2.02. The predicted molar refractivity (Wildman–Crippen MR) is 73.2 cm³/mol. The Balaban J connectivity index is 1.85. The minimum atomic E-state index is -0.139. The molecular formula is C14H11N3OS. The number of hydrogen-bond acceptors (Lipinski definition) is 4. The molecule has 2 heterocycles. The van der Waals surface area contributed by atoms with E-state index in [0.717, 1.165) is 23.3 Å². The summed E-state index contributed by atoms with van der Waals surface area (Å²) in [5, 5.41) is 13.7. The highest BCUT2D eigenvalue weighted by Crippen LogP contribution is 2.43. The van der Waals surface area contributed by atoms with E-state index >= 15 is 0 Å². The summed E-state index contributed by atoms with van der Waals surface area (Å²) in [6.45, 7) is 0. The summed E-state index contributed by atoms with van der Waals surface area (Å²) < 4.78 is 0. The van der Waals surface area contributed by atoms with Gasteiger partial charge in [0.15, 0.2) is 0 Å². The molecule has 3 rings (SSSR count). The van der Waals surface area contributed by atoms with Gasteiger partial charge < -0.3 is 5.32 Å². The molecule has 0 spiro atoms. The van der Waals surface area contributed by atoms with E-state index in [1.807, 2.05) is 17.5 Å². The summed E-state index contributed by atoms with van der Waals surface area (Å²) in [4.78, 5) is 16.9. The molecular weight excluding hydrogens is 258 g/mol. The van der Waals surface area contributed by atoms with Crippen molar-refractivity contribution in [2.45, 2.75) is 18.8 Å². The summed E-state index contributed by atoms with van der Waals surface area (Å²) in [6, 6.07) is 5.68. The monoisotopic (exact) mass is 269 g/mol. The highest BCUT2D eigenvalue weighted by molar-refractivity contribution is 7.12. The van der Waals surface area contributed by atoms with Crippen LogP contribution in [0.25, 0.3) is 0 Å². The number of nitriles is 1. The fourth-order valence-corrected chi connectivity index (χ4v) is 2.87. The maximum atomic E-state index is 12.3. The van der Waals surface area contributed by atoms with Gasteiger partial charge in [-0.05, 0) is 41.8 Å². The lowest BCUT2D eigenvalue weighted by molar-refractivity contribution is 0.102. The maximum absolute atomic E-state index is 12.3. The lowest BCUT2D eigenvalue weighted by Crippen LogP contribution is -2.13. The zero-order valence-electron chi connectivity index (χ0n) is 10.1. The van der Waals surface area contributed by atoms with E-state index in [9.17, 15) is 4.79 Å². The Hall–Kier alpha value is -2.19. The Morgan fingerprint density at radius 1 is 1.47 bits per heavy atom. The van der Waals surface area contributed by atoms with Crippen LogP contribution >= 0.6 is 11.3 Å². The molecule has 0 bridgehead atoms. The number of pyridine rings is 1. The minimum Gasteiger partial charge on any atom is -0.320 e. The van der Waals surface area contributed by atoms with Gasteiger partial charge in [-0.2, -0.15) is 5.26 Å². The molecule has 0 unspecified atom stereocenters. The van der Waals surface area contributed by atoms with Crippen molar-refractivity contribution in [2.24, 2.45) is 0 Å². The highest BCUT2D eigenvalue weighted by Gasteiger charge is 2.29. The molecule has 0 aromatic carbocycles. The Morgan fingerprint density at radius 3 is 3.05 bits per heavy atom. The fourth-order valence-electron chi connectivity index (χ4n) is 1.99. The fraction of sp³-hybridized carbons (Fsp3) is 0.214. The molecule has 1 N–H and O–H groups in total. The van der Waals surface area contributed by atoms with Gasteiger partial charge >= 0.3 is 0 Å². The third-order valence-electron chi connectivity index (χ3n) is 3.11. The van der Waals surface area contributed by atoms with Crippen molar-refractivity contribution < 1.29 is 4.79 Å². The van der Waals surface area contributed by atoms with Gasteiger partial charge in [-0.25, -0.2) is 0 Å². The second-order valence-corrected chi connectivity index (χ2v) is 5.38. The van der Waals surface area contributed by atoms with E-state index in [0.29, 0.717) is 17.2 Å². The number of carbonyl (C=O) groups excluding carboxylic acids is 1. The average Bonchev–Trinajstić information content (AvgIpc) is 3.16. The van der Waals surface area contributed by atoms with Crippen molar-refractivity contribution in [1.82, 2.24) is 4.98 Å². The first-order chi connectivity index (χ1) is 9.29. The van der Waals surface area contributed by atoms with Crippen molar-refractivity contribution in [3.63, 3.8) is 0 Å². The Kier molecular flexibility index (Phi) is 3.02. The lowest BCUT2D eigenvalue weighted by Gasteiger charge is -2.06. The largest absolute Gasteiger partial charge is 0.320 e. The van der Waals surface area contributed by atoms with Gasteiger partial charge in [-0.15, -0.1) is 11.3 Å². The number of hydrogen-bond donors (Lipinski definition) is 1. The van der Waals surface area contributed by atoms with Crippen LogP contribution in [0, 0.1) is 11.3 Å². The van der Waals surface area contributed by atoms with Crippen molar-refractivity contribution in [2.75, 3.05) is 5.32 Å². The summed E-state index contributed by atoms with van der Waals surface area (Å²) >= 11 is 1.45. The quantitative estimate of drug-likeness (QED) is 0.930. The molecule has 19 heavy (non-hydrogen) atoms. The van der Waals surface area contributed by atoms with Crippen molar-refractivity contribution in [3.8, 4) is 6.07 Å². The number of amides is 1. The van der Waals surface area contributed by atoms with Gasteiger partial charge in [0.1, 0.15) is 6.07 Å². The smallest absolute Gasteiger partial charge is 0.266 e. The van der Waals surface area contributed by atoms with Crippen LogP contribution in [-0.4, -0.2) is 10.9 Å². The van der Waals surface area contributed by atoms with Gasteiger partial charge in [0.05, 0.1) is 16.1 Å². The summed E-state index contributed by atoms with van der Waals surface area (Å²) in [5.74, 6) is 0.402. The molecule has 0 atom stereocenters. The standard InChI is InChI=1S/C14H11N3OS/c15-7-10-8-16-5-3-12(10)17-14(18)13-11(4-6-19-13)9-1-2-9/h3-6,8-9H,1-2H2,(H,16,17,18). The molecule has 2 aromatic rings. The molecule has 4 nitrogen and oxygen atoms in total. The summed E-state index contributed by atoms with van der Waals surface area (Å²) in [6.07, 6.45) is 5.34. The van der Waals surface area contributed by atoms with Crippen LogP contribution in [0.4, 0.5) is 5.69 Å². The van der Waals surface area contributed by atoms with Crippen molar-refractivity contribution >= 4 is 22.9 Å². The highest BCUT2D eigenvalue weighted by atomic mass is 32.1. The van der Waals surface area contributed by atoms with Gasteiger partial charge in [-0.3, -0.25) is 9.78 Å². The first kappa shape index (κ1) is 11.9. The number of nitrogens with one attached hydrogen (secondary N) is 1. The maximum Gasteiger partial charge on any atom is 0.266 e. The predicted octanol–water partition coefficient (Wildman–Crippen LogP) is 3.14. The normalized spacial score (nSPS) is 13.8. The van der Waals surface area contributed by atoms with Crippen molar-refractivity contribution in [1.29, 1.82) is 5.26 Å². The zero-order chi connectivity index (χ0) is 13.2. The van der Waals surface area contributed by atoms with Crippen molar-refractivity contribution in [3.05, 3.63) is 45.9 Å². The average molecular weight is 269 g/mol. The summed E-state index contributed by atoms with van der Waals surface area (Å²) in [7, 11) is 0. The number of rotatable bonds is 3. The van der Waals surface area contributed by atoms with Crippen LogP contribution in [-0.2, 0) is 0 Å². The molecule has 2 aromatic heterocycles. The zero-order valence-corrected chi connectivity index (χ0v) is 10.9. The molecule has 1 fully saturated rings. The van der Waals surface area contributed by atoms with E-state index in [1.54, 1.807) is 12.3 Å². The van der Waals surface area contributed by atoms with E-state index in [2.05, 4.69) is 10.3 Å². The van der Waals surface area contributed by atoms with Crippen LogP contribution in [0.1, 0.15) is 39.6 Å². The second-order valence-electron chi connectivity index (χ2n) is 4.47. The number of carbonyl (C=O) groups is 1. The van der Waals surface area contributed by atoms with Gasteiger partial charge in [0.2, 0.25) is 0 Å². The van der Waals surface area contributed by atoms with E-state index in [-0.39, 0.29) is 5.91 Å². The minimum absolute atomic E-state index is 0.139. The second kappa shape index (κ2) is 4.82. The number of nitrogens with zero attached hydrogens (tertiary/aromatic N) is 2. The molecule has 94 valence electrons. The lowest BCUT2D eigenvalue weighted by atomic mass is 10.1. The van der Waals surface area contributed by atoms with Gasteiger partial charge in [-0.1, -0.05) is 0 Å². The molecule has 0 aliphatic heterocycles. The van der Waals surface area contributed by atoms with Crippen LogP contribution in [0.3, 0.4) is 0 Å². The third kappa shape index (κ3) is 2.35. The van der Waals surface area contributed by atoms with E-state index in [4.69, 9.17) is 5.26 Å². The molecule has 1 amide bonds. The molecule has 0 saturated heterocycles.